The molecule has 0 unspecified atom stereocenters. The molecule has 3 aromatic heterocycles. The maximum atomic E-state index is 14.4. The number of pyridine rings is 2. The van der Waals surface area contributed by atoms with Gasteiger partial charge in [-0.1, -0.05) is 29.8 Å². The maximum Gasteiger partial charge on any atom is 0.257 e. The Bertz CT molecular complexity index is 1540. The highest BCUT2D eigenvalue weighted by atomic mass is 19.2. The third-order valence-corrected chi connectivity index (χ3v) is 5.72. The predicted octanol–water partition coefficient (Wildman–Crippen LogP) is 6.21. The van der Waals surface area contributed by atoms with E-state index in [4.69, 9.17) is 0 Å². The lowest BCUT2D eigenvalue weighted by atomic mass is 10.0. The number of nitrogens with zero attached hydrogens (tertiary/aromatic N) is 3. The number of nitrogens with one attached hydrogen (secondary N) is 1. The fraction of sp³-hybridized carbons (Fsp3) is 0.0741. The zero-order chi connectivity index (χ0) is 23.8. The summed E-state index contributed by atoms with van der Waals surface area (Å²) in [5.74, 6) is -1.87. The highest BCUT2D eigenvalue weighted by molar-refractivity contribution is 6.05. The summed E-state index contributed by atoms with van der Waals surface area (Å²) < 4.78 is 29.9. The van der Waals surface area contributed by atoms with Crippen molar-refractivity contribution in [3.05, 3.63) is 108 Å². The van der Waals surface area contributed by atoms with E-state index in [0.29, 0.717) is 28.0 Å². The molecule has 0 aliphatic rings. The smallest absolute Gasteiger partial charge is 0.257 e. The van der Waals surface area contributed by atoms with E-state index in [1.165, 1.54) is 12.1 Å². The maximum absolute atomic E-state index is 14.4. The fourth-order valence-electron chi connectivity index (χ4n) is 3.89. The van der Waals surface area contributed by atoms with Crippen LogP contribution in [0.25, 0.3) is 28.0 Å². The molecule has 0 aliphatic heterocycles. The molecule has 5 aromatic rings. The zero-order valence-electron chi connectivity index (χ0n) is 18.5. The molecule has 3 heterocycles. The van der Waals surface area contributed by atoms with E-state index >= 15 is 0 Å². The van der Waals surface area contributed by atoms with Crippen LogP contribution in [0, 0.1) is 25.5 Å². The first-order valence-electron chi connectivity index (χ1n) is 10.7. The minimum Gasteiger partial charge on any atom is -0.322 e. The van der Waals surface area contributed by atoms with Gasteiger partial charge in [-0.15, -0.1) is 0 Å². The van der Waals surface area contributed by atoms with Crippen molar-refractivity contribution in [3.63, 3.8) is 0 Å². The number of anilines is 1. The number of halogens is 2. The minimum atomic E-state index is -0.951. The van der Waals surface area contributed by atoms with Gasteiger partial charge in [0.25, 0.3) is 5.91 Å². The number of fused-ring (bicyclic) bond motifs is 1. The summed E-state index contributed by atoms with van der Waals surface area (Å²) in [7, 11) is 0. The second-order valence-corrected chi connectivity index (χ2v) is 8.04. The topological polar surface area (TPSA) is 59.3 Å². The molecule has 0 fully saturated rings. The van der Waals surface area contributed by atoms with Gasteiger partial charge in [-0.2, -0.15) is 0 Å². The average Bonchev–Trinajstić information content (AvgIpc) is 3.27. The standard InChI is InChI=1S/C27H20F2N4O/c1-16-8-10-19(11-9-16)32-27(34)22-13-18(14-30-17(22)2)20-6-4-12-33-24(20)15-31-26(33)21-5-3-7-23(28)25(21)29/h3-15H,1-2H3,(H,32,34). The lowest BCUT2D eigenvalue weighted by Gasteiger charge is -2.11. The van der Waals surface area contributed by atoms with Crippen molar-refractivity contribution in [1.82, 2.24) is 14.4 Å². The van der Waals surface area contributed by atoms with Gasteiger partial charge in [0.05, 0.1) is 28.5 Å². The summed E-state index contributed by atoms with van der Waals surface area (Å²) in [4.78, 5) is 21.8. The van der Waals surface area contributed by atoms with Crippen LogP contribution in [0.1, 0.15) is 21.6 Å². The number of carbonyl (C=O) groups is 1. The van der Waals surface area contributed by atoms with Crippen molar-refractivity contribution in [3.8, 4) is 22.5 Å². The van der Waals surface area contributed by atoms with E-state index in [9.17, 15) is 13.6 Å². The zero-order valence-corrected chi connectivity index (χ0v) is 18.5. The first kappa shape index (κ1) is 21.5. The van der Waals surface area contributed by atoms with E-state index < -0.39 is 11.6 Å². The van der Waals surface area contributed by atoms with Crippen LogP contribution in [0.2, 0.25) is 0 Å². The van der Waals surface area contributed by atoms with Crippen LogP contribution in [0.4, 0.5) is 14.5 Å². The molecule has 1 N–H and O–H groups in total. The molecular weight excluding hydrogens is 434 g/mol. The molecule has 0 radical (unpaired) electrons. The average molecular weight is 454 g/mol. The minimum absolute atomic E-state index is 0.0670. The Hall–Kier alpha value is -4.39. The fourth-order valence-corrected chi connectivity index (χ4v) is 3.89. The Balaban J connectivity index is 1.55. The van der Waals surface area contributed by atoms with Crippen molar-refractivity contribution in [2.45, 2.75) is 13.8 Å². The monoisotopic (exact) mass is 454 g/mol. The van der Waals surface area contributed by atoms with Crippen LogP contribution in [0.5, 0.6) is 0 Å². The van der Waals surface area contributed by atoms with E-state index in [-0.39, 0.29) is 17.3 Å². The Morgan fingerprint density at radius 2 is 1.68 bits per heavy atom. The van der Waals surface area contributed by atoms with Gasteiger partial charge in [-0.05, 0) is 50.2 Å². The molecule has 0 saturated carbocycles. The first-order chi connectivity index (χ1) is 16.4. The Kier molecular flexibility index (Phi) is 5.37. The van der Waals surface area contributed by atoms with Gasteiger partial charge in [0.1, 0.15) is 5.82 Å². The molecule has 5 nitrogen and oxygen atoms in total. The SMILES string of the molecule is Cc1ccc(NC(=O)c2cc(-c3cccn4c(-c5cccc(F)c5F)ncc34)cnc2C)cc1. The predicted molar refractivity (Wildman–Crippen MR) is 128 cm³/mol. The number of aromatic nitrogens is 3. The molecule has 0 atom stereocenters. The lowest BCUT2D eigenvalue weighted by Crippen LogP contribution is -2.14. The second kappa shape index (κ2) is 8.51. The van der Waals surface area contributed by atoms with Crippen LogP contribution in [0.3, 0.4) is 0 Å². The molecule has 2 aromatic carbocycles. The van der Waals surface area contributed by atoms with Crippen molar-refractivity contribution in [2.75, 3.05) is 5.32 Å². The molecule has 1 amide bonds. The summed E-state index contributed by atoms with van der Waals surface area (Å²) in [5, 5.41) is 2.91. The van der Waals surface area contributed by atoms with Gasteiger partial charge in [0.15, 0.2) is 11.6 Å². The van der Waals surface area contributed by atoms with Gasteiger partial charge in [-0.3, -0.25) is 14.2 Å². The normalized spacial score (nSPS) is 11.1. The number of rotatable bonds is 4. The van der Waals surface area contributed by atoms with E-state index in [0.717, 1.165) is 17.2 Å². The van der Waals surface area contributed by atoms with Gasteiger partial charge in [-0.25, -0.2) is 13.8 Å². The van der Waals surface area contributed by atoms with Gasteiger partial charge in [0, 0.05) is 29.2 Å². The summed E-state index contributed by atoms with van der Waals surface area (Å²) in [6.07, 6.45) is 5.02. The molecule has 7 heteroatoms. The molecule has 5 rings (SSSR count). The molecule has 0 saturated heterocycles. The molecule has 34 heavy (non-hydrogen) atoms. The number of hydrogen-bond donors (Lipinski definition) is 1. The van der Waals surface area contributed by atoms with E-state index in [1.807, 2.05) is 37.3 Å². The summed E-state index contributed by atoms with van der Waals surface area (Å²) in [5.41, 5.74) is 5.04. The highest BCUT2D eigenvalue weighted by Crippen LogP contribution is 2.30. The van der Waals surface area contributed by atoms with Crippen LogP contribution in [-0.2, 0) is 0 Å². The highest BCUT2D eigenvalue weighted by Gasteiger charge is 2.18. The first-order valence-corrected chi connectivity index (χ1v) is 10.7. The van der Waals surface area contributed by atoms with Crippen LogP contribution >= 0.6 is 0 Å². The quantitative estimate of drug-likeness (QED) is 0.351. The van der Waals surface area contributed by atoms with Crippen molar-refractivity contribution >= 4 is 17.1 Å². The van der Waals surface area contributed by atoms with Gasteiger partial charge in [0.2, 0.25) is 0 Å². The Morgan fingerprint density at radius 1 is 0.912 bits per heavy atom. The second-order valence-electron chi connectivity index (χ2n) is 8.04. The number of amides is 1. The largest absolute Gasteiger partial charge is 0.322 e. The number of hydrogen-bond acceptors (Lipinski definition) is 3. The molecule has 0 bridgehead atoms. The molecular formula is C27H20F2N4O. The van der Waals surface area contributed by atoms with Crippen LogP contribution < -0.4 is 5.32 Å². The number of aryl methyl sites for hydroxylation is 2. The summed E-state index contributed by atoms with van der Waals surface area (Å²) in [6, 6.07) is 17.0. The number of carbonyl (C=O) groups excluding carboxylic acids is 1. The van der Waals surface area contributed by atoms with E-state index in [1.54, 1.807) is 42.0 Å². The van der Waals surface area contributed by atoms with E-state index in [2.05, 4.69) is 15.3 Å². The molecule has 0 aliphatic carbocycles. The van der Waals surface area contributed by atoms with Crippen molar-refractivity contribution < 1.29 is 13.6 Å². The third kappa shape index (κ3) is 3.81. The summed E-state index contributed by atoms with van der Waals surface area (Å²) in [6.45, 7) is 3.76. The lowest BCUT2D eigenvalue weighted by molar-refractivity contribution is 0.102. The van der Waals surface area contributed by atoms with Crippen molar-refractivity contribution in [2.24, 2.45) is 0 Å². The number of benzene rings is 2. The summed E-state index contributed by atoms with van der Waals surface area (Å²) >= 11 is 0. The Morgan fingerprint density at radius 3 is 2.47 bits per heavy atom. The van der Waals surface area contributed by atoms with Crippen LogP contribution in [0.15, 0.2) is 79.3 Å². The van der Waals surface area contributed by atoms with Crippen molar-refractivity contribution in [1.29, 1.82) is 0 Å². The van der Waals surface area contributed by atoms with Crippen LogP contribution in [-0.4, -0.2) is 20.3 Å². The Labute approximate surface area is 194 Å². The molecule has 168 valence electrons. The third-order valence-electron chi connectivity index (χ3n) is 5.72. The number of imidazole rings is 1. The van der Waals surface area contributed by atoms with Gasteiger partial charge < -0.3 is 5.32 Å². The molecule has 0 spiro atoms. The van der Waals surface area contributed by atoms with Gasteiger partial charge >= 0.3 is 0 Å².